The van der Waals surface area contributed by atoms with E-state index in [-0.39, 0.29) is 11.6 Å². The number of nitrogens with zero attached hydrogens (tertiary/aromatic N) is 1. The molecule has 0 aromatic rings. The first-order valence-electron chi connectivity index (χ1n) is 6.79. The Bertz CT molecular complexity index is 251. The number of ether oxygens (including phenoxy) is 1. The van der Waals surface area contributed by atoms with Gasteiger partial charge in [0.25, 0.3) is 0 Å². The largest absolute Gasteiger partial charge is 0.383 e. The molecule has 1 fully saturated rings. The van der Waals surface area contributed by atoms with Gasteiger partial charge in [-0.1, -0.05) is 19.3 Å². The van der Waals surface area contributed by atoms with Crippen molar-refractivity contribution in [2.75, 3.05) is 40.9 Å². The molecule has 2 N–H and O–H groups in total. The minimum Gasteiger partial charge on any atom is -0.383 e. The molecule has 0 unspecified atom stereocenters. The molecule has 0 atom stereocenters. The summed E-state index contributed by atoms with van der Waals surface area (Å²) in [5.41, 5.74) is 0.136. The smallest absolute Gasteiger partial charge is 0.314 e. The molecule has 1 aliphatic rings. The van der Waals surface area contributed by atoms with Crippen molar-refractivity contribution in [1.29, 1.82) is 0 Å². The molecule has 5 heteroatoms. The lowest BCUT2D eigenvalue weighted by atomic mass is 9.80. The first-order chi connectivity index (χ1) is 8.60. The molecule has 18 heavy (non-hydrogen) atoms. The summed E-state index contributed by atoms with van der Waals surface area (Å²) in [7, 11) is 5.84. The van der Waals surface area contributed by atoms with Crippen LogP contribution in [0.2, 0.25) is 0 Å². The maximum absolute atomic E-state index is 11.6. The van der Waals surface area contributed by atoms with E-state index < -0.39 is 0 Å². The number of methoxy groups -OCH3 is 1. The predicted octanol–water partition coefficient (Wildman–Crippen LogP) is 1.20. The van der Waals surface area contributed by atoms with Crippen LogP contribution in [0, 0.1) is 0 Å². The van der Waals surface area contributed by atoms with Crippen LogP contribution in [0.15, 0.2) is 0 Å². The quantitative estimate of drug-likeness (QED) is 0.703. The third kappa shape index (κ3) is 4.46. The Kier molecular flexibility index (Phi) is 6.43. The zero-order chi connectivity index (χ0) is 13.4. The van der Waals surface area contributed by atoms with E-state index in [0.717, 1.165) is 6.54 Å². The van der Waals surface area contributed by atoms with Gasteiger partial charge in [-0.2, -0.15) is 0 Å². The van der Waals surface area contributed by atoms with Gasteiger partial charge in [0.15, 0.2) is 0 Å². The average Bonchev–Trinajstić information content (AvgIpc) is 2.37. The number of carbonyl (C=O) groups is 1. The van der Waals surface area contributed by atoms with E-state index in [1.807, 2.05) is 0 Å². The Balaban J connectivity index is 2.35. The molecule has 5 nitrogen and oxygen atoms in total. The fourth-order valence-corrected chi connectivity index (χ4v) is 2.57. The van der Waals surface area contributed by atoms with Crippen LogP contribution in [0.1, 0.15) is 32.1 Å². The molecule has 1 rings (SSSR count). The number of nitrogens with one attached hydrogen (secondary N) is 2. The summed E-state index contributed by atoms with van der Waals surface area (Å²) in [5, 5.41) is 5.77. The lowest BCUT2D eigenvalue weighted by molar-refractivity contribution is 0.100. The van der Waals surface area contributed by atoms with Crippen LogP contribution in [-0.2, 0) is 4.74 Å². The summed E-state index contributed by atoms with van der Waals surface area (Å²) < 4.78 is 4.89. The van der Waals surface area contributed by atoms with Crippen molar-refractivity contribution in [2.24, 2.45) is 0 Å². The number of amides is 2. The Morgan fingerprint density at radius 1 is 1.22 bits per heavy atom. The highest BCUT2D eigenvalue weighted by Crippen LogP contribution is 2.31. The molecule has 0 heterocycles. The normalized spacial score (nSPS) is 18.7. The highest BCUT2D eigenvalue weighted by atomic mass is 16.5. The fraction of sp³-hybridized carbons (Fsp3) is 0.923. The van der Waals surface area contributed by atoms with Gasteiger partial charge in [-0.05, 0) is 26.9 Å². The zero-order valence-corrected chi connectivity index (χ0v) is 11.9. The highest BCUT2D eigenvalue weighted by molar-refractivity contribution is 5.73. The molecule has 0 radical (unpaired) electrons. The Labute approximate surface area is 110 Å². The second kappa shape index (κ2) is 7.59. The van der Waals surface area contributed by atoms with Crippen molar-refractivity contribution in [1.82, 2.24) is 15.5 Å². The van der Waals surface area contributed by atoms with Gasteiger partial charge in [0.1, 0.15) is 0 Å². The third-order valence-electron chi connectivity index (χ3n) is 3.90. The fourth-order valence-electron chi connectivity index (χ4n) is 2.57. The number of urea groups is 1. The standard InChI is InChI=1S/C13H27N3O2/c1-16(2)13(7-5-4-6-8-13)11-15-12(17)14-9-10-18-3/h4-11H2,1-3H3,(H2,14,15,17). The summed E-state index contributed by atoms with van der Waals surface area (Å²) in [4.78, 5) is 13.9. The van der Waals surface area contributed by atoms with E-state index in [1.54, 1.807) is 7.11 Å². The van der Waals surface area contributed by atoms with Gasteiger partial charge in [-0.3, -0.25) is 0 Å². The molecule has 0 saturated heterocycles. The van der Waals surface area contributed by atoms with Crippen LogP contribution in [0.5, 0.6) is 0 Å². The number of rotatable bonds is 6. The van der Waals surface area contributed by atoms with Gasteiger partial charge in [0.05, 0.1) is 6.61 Å². The van der Waals surface area contributed by atoms with Gasteiger partial charge in [0.2, 0.25) is 0 Å². The van der Waals surface area contributed by atoms with Crippen LogP contribution in [-0.4, -0.2) is 57.4 Å². The average molecular weight is 257 g/mol. The molecule has 2 amide bonds. The zero-order valence-electron chi connectivity index (χ0n) is 11.9. The maximum atomic E-state index is 11.6. The third-order valence-corrected chi connectivity index (χ3v) is 3.90. The summed E-state index contributed by atoms with van der Waals surface area (Å²) in [6.45, 7) is 1.82. The maximum Gasteiger partial charge on any atom is 0.314 e. The summed E-state index contributed by atoms with van der Waals surface area (Å²) in [6, 6.07) is -0.0983. The topological polar surface area (TPSA) is 53.6 Å². The molecule has 1 saturated carbocycles. The van der Waals surface area contributed by atoms with Crippen LogP contribution in [0.3, 0.4) is 0 Å². The van der Waals surface area contributed by atoms with Crippen molar-refractivity contribution in [3.05, 3.63) is 0 Å². The van der Waals surface area contributed by atoms with E-state index in [1.165, 1.54) is 32.1 Å². The Morgan fingerprint density at radius 2 is 1.89 bits per heavy atom. The summed E-state index contributed by atoms with van der Waals surface area (Å²) in [6.07, 6.45) is 6.16. The van der Waals surface area contributed by atoms with Gasteiger partial charge >= 0.3 is 6.03 Å². The lowest BCUT2D eigenvalue weighted by Gasteiger charge is -2.43. The van der Waals surface area contributed by atoms with Crippen LogP contribution in [0.4, 0.5) is 4.79 Å². The molecule has 0 spiro atoms. The molecular weight excluding hydrogens is 230 g/mol. The molecule has 0 aromatic heterocycles. The minimum absolute atomic E-state index is 0.0983. The minimum atomic E-state index is -0.0983. The molecule has 0 bridgehead atoms. The Morgan fingerprint density at radius 3 is 2.44 bits per heavy atom. The van der Waals surface area contributed by atoms with Crippen LogP contribution < -0.4 is 10.6 Å². The molecule has 1 aliphatic carbocycles. The van der Waals surface area contributed by atoms with E-state index in [0.29, 0.717) is 13.2 Å². The number of hydrogen-bond donors (Lipinski definition) is 2. The monoisotopic (exact) mass is 257 g/mol. The van der Waals surface area contributed by atoms with Crippen molar-refractivity contribution in [3.8, 4) is 0 Å². The molecule has 106 valence electrons. The summed E-state index contributed by atoms with van der Waals surface area (Å²) >= 11 is 0. The van der Waals surface area contributed by atoms with Crippen LogP contribution >= 0.6 is 0 Å². The van der Waals surface area contributed by atoms with E-state index >= 15 is 0 Å². The Hall–Kier alpha value is -0.810. The van der Waals surface area contributed by atoms with Gasteiger partial charge < -0.3 is 20.3 Å². The number of likely N-dealkylation sites (N-methyl/N-ethyl adjacent to an activating group) is 1. The number of hydrogen-bond acceptors (Lipinski definition) is 3. The van der Waals surface area contributed by atoms with Crippen molar-refractivity contribution >= 4 is 6.03 Å². The highest BCUT2D eigenvalue weighted by Gasteiger charge is 2.34. The summed E-state index contributed by atoms with van der Waals surface area (Å²) in [5.74, 6) is 0. The number of carbonyl (C=O) groups excluding carboxylic acids is 1. The second-order valence-electron chi connectivity index (χ2n) is 5.28. The second-order valence-corrected chi connectivity index (χ2v) is 5.28. The first kappa shape index (κ1) is 15.2. The molecular formula is C13H27N3O2. The SMILES string of the molecule is COCCNC(=O)NCC1(N(C)C)CCCCC1. The van der Waals surface area contributed by atoms with Gasteiger partial charge in [-0.25, -0.2) is 4.79 Å². The van der Waals surface area contributed by atoms with Crippen molar-refractivity contribution < 1.29 is 9.53 Å². The first-order valence-corrected chi connectivity index (χ1v) is 6.79. The predicted molar refractivity (Wildman–Crippen MR) is 72.8 cm³/mol. The van der Waals surface area contributed by atoms with Gasteiger partial charge in [-0.15, -0.1) is 0 Å². The molecule has 0 aliphatic heterocycles. The van der Waals surface area contributed by atoms with E-state index in [9.17, 15) is 4.79 Å². The van der Waals surface area contributed by atoms with E-state index in [4.69, 9.17) is 4.74 Å². The van der Waals surface area contributed by atoms with E-state index in [2.05, 4.69) is 29.6 Å². The van der Waals surface area contributed by atoms with Gasteiger partial charge in [0, 0.05) is 25.7 Å². The van der Waals surface area contributed by atoms with Crippen LogP contribution in [0.25, 0.3) is 0 Å². The lowest BCUT2D eigenvalue weighted by Crippen LogP contribution is -2.55. The van der Waals surface area contributed by atoms with Crippen molar-refractivity contribution in [3.63, 3.8) is 0 Å². The molecule has 0 aromatic carbocycles. The van der Waals surface area contributed by atoms with Crippen molar-refractivity contribution in [2.45, 2.75) is 37.6 Å².